The first-order chi connectivity index (χ1) is 15.1. The molecule has 0 bridgehead atoms. The summed E-state index contributed by atoms with van der Waals surface area (Å²) in [4.78, 5) is 30.3. The summed E-state index contributed by atoms with van der Waals surface area (Å²) in [7, 11) is 1.52. The summed E-state index contributed by atoms with van der Waals surface area (Å²) < 4.78 is 18.1. The number of fused-ring (bicyclic) bond motifs is 2. The predicted molar refractivity (Wildman–Crippen MR) is 114 cm³/mol. The molecule has 0 aliphatic carbocycles. The minimum atomic E-state index is -0.116. The Morgan fingerprint density at radius 1 is 1.03 bits per heavy atom. The van der Waals surface area contributed by atoms with Crippen LogP contribution in [0.15, 0.2) is 29.1 Å². The maximum absolute atomic E-state index is 13.3. The molecule has 2 aromatic rings. The Morgan fingerprint density at radius 3 is 2.65 bits per heavy atom. The van der Waals surface area contributed by atoms with Crippen LogP contribution in [-0.4, -0.2) is 60.4 Å². The van der Waals surface area contributed by atoms with Crippen LogP contribution in [-0.2, 0) is 19.5 Å². The van der Waals surface area contributed by atoms with Crippen molar-refractivity contribution in [2.45, 2.75) is 32.4 Å². The number of methoxy groups -OCH3 is 1. The van der Waals surface area contributed by atoms with E-state index in [1.54, 1.807) is 4.57 Å². The average Bonchev–Trinajstić information content (AvgIpc) is 3.43. The molecule has 5 rings (SSSR count). The van der Waals surface area contributed by atoms with Gasteiger partial charge in [-0.25, -0.2) is 0 Å². The van der Waals surface area contributed by atoms with Crippen LogP contribution in [0.4, 0.5) is 0 Å². The van der Waals surface area contributed by atoms with E-state index >= 15 is 0 Å². The van der Waals surface area contributed by atoms with Crippen LogP contribution < -0.4 is 19.8 Å². The van der Waals surface area contributed by atoms with Gasteiger partial charge in [0, 0.05) is 57.4 Å². The van der Waals surface area contributed by atoms with Gasteiger partial charge in [-0.3, -0.25) is 14.5 Å². The van der Waals surface area contributed by atoms with Crippen molar-refractivity contribution >= 4 is 5.91 Å². The van der Waals surface area contributed by atoms with Gasteiger partial charge in [-0.2, -0.15) is 0 Å². The normalized spacial score (nSPS) is 18.0. The van der Waals surface area contributed by atoms with E-state index in [1.807, 2.05) is 23.1 Å². The number of benzene rings is 1. The van der Waals surface area contributed by atoms with Crippen LogP contribution in [0.1, 0.15) is 34.5 Å². The number of nitrogens with zero attached hydrogens (tertiary/aromatic N) is 3. The average molecular weight is 425 g/mol. The van der Waals surface area contributed by atoms with Gasteiger partial charge in [0.05, 0.1) is 7.11 Å². The number of hydrogen-bond donors (Lipinski definition) is 0. The fourth-order valence-electron chi connectivity index (χ4n) is 4.72. The van der Waals surface area contributed by atoms with Gasteiger partial charge in [0.2, 0.25) is 6.79 Å². The molecular formula is C23H27N3O5. The number of hydrogen-bond acceptors (Lipinski definition) is 6. The minimum Gasteiger partial charge on any atom is -0.496 e. The first-order valence-electron chi connectivity index (χ1n) is 10.8. The SMILES string of the molecule is COc1cc(=O)n2c(c1C(=O)N1CCCC1)CCN(Cc1ccc3c(c1)OCO3)CC2. The molecule has 0 spiro atoms. The molecule has 3 aliphatic heterocycles. The summed E-state index contributed by atoms with van der Waals surface area (Å²) in [5, 5.41) is 0. The lowest BCUT2D eigenvalue weighted by atomic mass is 10.1. The second-order valence-electron chi connectivity index (χ2n) is 8.24. The highest BCUT2D eigenvalue weighted by Gasteiger charge is 2.29. The first-order valence-corrected chi connectivity index (χ1v) is 10.8. The number of amides is 1. The predicted octanol–water partition coefficient (Wildman–Crippen LogP) is 1.88. The van der Waals surface area contributed by atoms with Crippen LogP contribution in [0, 0.1) is 0 Å². The molecule has 0 unspecified atom stereocenters. The third kappa shape index (κ3) is 3.76. The van der Waals surface area contributed by atoms with Crippen molar-refractivity contribution in [3.05, 3.63) is 51.4 Å². The number of ether oxygens (including phenoxy) is 3. The van der Waals surface area contributed by atoms with Crippen LogP contribution in [0.2, 0.25) is 0 Å². The smallest absolute Gasteiger partial charge is 0.259 e. The highest BCUT2D eigenvalue weighted by atomic mass is 16.7. The fraction of sp³-hybridized carbons (Fsp3) is 0.478. The van der Waals surface area contributed by atoms with E-state index in [2.05, 4.69) is 4.90 Å². The van der Waals surface area contributed by atoms with E-state index in [1.165, 1.54) is 13.2 Å². The van der Waals surface area contributed by atoms with E-state index in [-0.39, 0.29) is 18.3 Å². The molecule has 1 saturated heterocycles. The standard InChI is InChI=1S/C23H27N3O5/c1-29-20-13-21(27)26-11-10-24(14-16-4-5-18-19(12-16)31-15-30-18)9-6-17(26)22(20)23(28)25-7-2-3-8-25/h4-5,12-13H,2-3,6-11,14-15H2,1H3. The van der Waals surface area contributed by atoms with Crippen molar-refractivity contribution in [3.63, 3.8) is 0 Å². The van der Waals surface area contributed by atoms with Crippen LogP contribution in [0.5, 0.6) is 17.2 Å². The minimum absolute atomic E-state index is 0.0256. The van der Waals surface area contributed by atoms with Gasteiger partial charge in [-0.05, 0) is 30.5 Å². The van der Waals surface area contributed by atoms with Gasteiger partial charge in [0.15, 0.2) is 11.5 Å². The largest absolute Gasteiger partial charge is 0.496 e. The lowest BCUT2D eigenvalue weighted by Crippen LogP contribution is -2.33. The van der Waals surface area contributed by atoms with Gasteiger partial charge >= 0.3 is 0 Å². The summed E-state index contributed by atoms with van der Waals surface area (Å²) in [5.74, 6) is 1.91. The maximum atomic E-state index is 13.3. The maximum Gasteiger partial charge on any atom is 0.259 e. The monoisotopic (exact) mass is 425 g/mol. The molecule has 3 aliphatic rings. The molecule has 1 aromatic heterocycles. The third-order valence-corrected chi connectivity index (χ3v) is 6.36. The number of carbonyl (C=O) groups excluding carboxylic acids is 1. The molecule has 8 heteroatoms. The van der Waals surface area contributed by atoms with Crippen molar-refractivity contribution in [1.82, 2.24) is 14.4 Å². The third-order valence-electron chi connectivity index (χ3n) is 6.36. The van der Waals surface area contributed by atoms with Gasteiger partial charge < -0.3 is 23.7 Å². The van der Waals surface area contributed by atoms with E-state index < -0.39 is 0 Å². The molecule has 0 N–H and O–H groups in total. The molecule has 4 heterocycles. The summed E-state index contributed by atoms with van der Waals surface area (Å²) >= 11 is 0. The fourth-order valence-corrected chi connectivity index (χ4v) is 4.72. The summed E-state index contributed by atoms with van der Waals surface area (Å²) in [6.45, 7) is 4.55. The Bertz CT molecular complexity index is 1060. The molecular weight excluding hydrogens is 398 g/mol. The number of aromatic nitrogens is 1. The molecule has 1 aromatic carbocycles. The molecule has 1 fully saturated rings. The topological polar surface area (TPSA) is 73.2 Å². The Hall–Kier alpha value is -3.00. The van der Waals surface area contributed by atoms with E-state index in [9.17, 15) is 9.59 Å². The Morgan fingerprint density at radius 2 is 1.84 bits per heavy atom. The van der Waals surface area contributed by atoms with E-state index in [0.717, 1.165) is 68.3 Å². The number of pyridine rings is 1. The van der Waals surface area contributed by atoms with Crippen molar-refractivity contribution in [2.24, 2.45) is 0 Å². The summed E-state index contributed by atoms with van der Waals surface area (Å²) in [5.41, 5.74) is 2.35. The quantitative estimate of drug-likeness (QED) is 0.745. The molecule has 8 nitrogen and oxygen atoms in total. The molecule has 0 atom stereocenters. The van der Waals surface area contributed by atoms with Gasteiger partial charge in [-0.15, -0.1) is 0 Å². The number of carbonyl (C=O) groups is 1. The van der Waals surface area contributed by atoms with Crippen LogP contribution >= 0.6 is 0 Å². The van der Waals surface area contributed by atoms with Crippen molar-refractivity contribution < 1.29 is 19.0 Å². The van der Waals surface area contributed by atoms with Crippen molar-refractivity contribution in [1.29, 1.82) is 0 Å². The second-order valence-corrected chi connectivity index (χ2v) is 8.24. The van der Waals surface area contributed by atoms with Crippen molar-refractivity contribution in [2.75, 3.05) is 40.1 Å². The molecule has 1 amide bonds. The lowest BCUT2D eigenvalue weighted by molar-refractivity contribution is 0.0787. The van der Waals surface area contributed by atoms with Crippen molar-refractivity contribution in [3.8, 4) is 17.2 Å². The number of likely N-dealkylation sites (tertiary alicyclic amines) is 1. The molecule has 164 valence electrons. The summed E-state index contributed by atoms with van der Waals surface area (Å²) in [6.07, 6.45) is 2.66. The Balaban J connectivity index is 1.41. The molecule has 0 saturated carbocycles. The highest BCUT2D eigenvalue weighted by molar-refractivity contribution is 5.98. The van der Waals surface area contributed by atoms with Crippen LogP contribution in [0.3, 0.4) is 0 Å². The van der Waals surface area contributed by atoms with Crippen LogP contribution in [0.25, 0.3) is 0 Å². The highest BCUT2D eigenvalue weighted by Crippen LogP contribution is 2.33. The Labute approximate surface area is 180 Å². The zero-order chi connectivity index (χ0) is 21.4. The van der Waals surface area contributed by atoms with Gasteiger partial charge in [0.25, 0.3) is 11.5 Å². The van der Waals surface area contributed by atoms with E-state index in [0.29, 0.717) is 24.3 Å². The summed E-state index contributed by atoms with van der Waals surface area (Å²) in [6, 6.07) is 7.45. The van der Waals surface area contributed by atoms with Gasteiger partial charge in [-0.1, -0.05) is 6.07 Å². The lowest BCUT2D eigenvalue weighted by Gasteiger charge is -2.21. The van der Waals surface area contributed by atoms with E-state index in [4.69, 9.17) is 14.2 Å². The number of rotatable bonds is 4. The van der Waals surface area contributed by atoms with Gasteiger partial charge in [0.1, 0.15) is 11.3 Å². The zero-order valence-electron chi connectivity index (χ0n) is 17.8. The molecule has 31 heavy (non-hydrogen) atoms. The zero-order valence-corrected chi connectivity index (χ0v) is 17.8. The Kier molecular flexibility index (Phi) is 5.31. The molecule has 0 radical (unpaired) electrons. The second kappa shape index (κ2) is 8.26. The first kappa shape index (κ1) is 19.9.